The molecule has 1 aromatic heterocycles. The van der Waals surface area contributed by atoms with Gasteiger partial charge in [0.15, 0.2) is 16.9 Å². The Bertz CT molecular complexity index is 1550. The lowest BCUT2D eigenvalue weighted by Gasteiger charge is -2.67. The standard InChI is InChI=1S/C36H51NO12S2/c1-2-45-26(41)8-6-21-15-22-9-13-46-28(22)30-29(21)48-32-36(44)27-23(5-7-25(40)24(27)17-38)16-35(43,31(36)42)34(19-39,49-32)20-50-51-33(10-3-4-11-33)18-37-12-14-47-30/h9,13,15,23-25,27,31-32,37-40,42-44H,2-8,10-12,14,16-20H2,1H3/t23-,24+,25+,27-,31+,32+,34+,35+,36+/m1/s1. The van der Waals surface area contributed by atoms with Gasteiger partial charge in [-0.3, -0.25) is 4.79 Å². The van der Waals surface area contributed by atoms with Gasteiger partial charge in [0.25, 0.3) is 0 Å². The molecular weight excluding hydrogens is 703 g/mol. The molecule has 1 aromatic carbocycles. The van der Waals surface area contributed by atoms with Gasteiger partial charge in [-0.1, -0.05) is 34.4 Å². The average Bonchev–Trinajstić information content (AvgIpc) is 3.79. The Labute approximate surface area is 305 Å². The fourth-order valence-electron chi connectivity index (χ4n) is 9.49. The zero-order chi connectivity index (χ0) is 36.0. The summed E-state index contributed by atoms with van der Waals surface area (Å²) in [6, 6.07) is 3.57. The molecule has 3 heterocycles. The van der Waals surface area contributed by atoms with E-state index in [1.165, 1.54) is 17.1 Å². The Balaban J connectivity index is 1.39. The van der Waals surface area contributed by atoms with Crippen molar-refractivity contribution >= 4 is 38.5 Å². The van der Waals surface area contributed by atoms with Crippen LogP contribution in [-0.4, -0.2) is 122 Å². The molecular formula is C36H51NO12S2. The van der Waals surface area contributed by atoms with Crippen LogP contribution in [0.4, 0.5) is 0 Å². The fraction of sp³-hybridized carbons (Fsp3) is 0.750. The van der Waals surface area contributed by atoms with E-state index in [9.17, 15) is 35.4 Å². The monoisotopic (exact) mass is 753 g/mol. The van der Waals surface area contributed by atoms with E-state index in [2.05, 4.69) is 5.32 Å². The van der Waals surface area contributed by atoms with Crippen LogP contribution in [0.25, 0.3) is 11.0 Å². The molecule has 7 N–H and O–H groups in total. The van der Waals surface area contributed by atoms with Crippen molar-refractivity contribution in [2.45, 2.75) is 105 Å². The highest BCUT2D eigenvalue weighted by Crippen LogP contribution is 2.61. The molecule has 3 aliphatic carbocycles. The second-order valence-corrected chi connectivity index (χ2v) is 17.8. The summed E-state index contributed by atoms with van der Waals surface area (Å²) in [5, 5.41) is 75.0. The summed E-state index contributed by atoms with van der Waals surface area (Å²) in [5.41, 5.74) is -5.38. The van der Waals surface area contributed by atoms with Crippen LogP contribution in [0.3, 0.4) is 0 Å². The number of ether oxygens (including phenoxy) is 4. The third kappa shape index (κ3) is 6.36. The predicted molar refractivity (Wildman–Crippen MR) is 189 cm³/mol. The second kappa shape index (κ2) is 14.8. The van der Waals surface area contributed by atoms with E-state index in [0.29, 0.717) is 42.5 Å². The van der Waals surface area contributed by atoms with Crippen LogP contribution in [0, 0.1) is 17.8 Å². The van der Waals surface area contributed by atoms with Gasteiger partial charge < -0.3 is 59.3 Å². The zero-order valence-electron chi connectivity index (χ0n) is 29.0. The molecule has 0 unspecified atom stereocenters. The molecule has 2 aliphatic heterocycles. The van der Waals surface area contributed by atoms with Gasteiger partial charge in [-0.2, -0.15) is 0 Å². The Morgan fingerprint density at radius 2 is 1.94 bits per heavy atom. The van der Waals surface area contributed by atoms with Gasteiger partial charge >= 0.3 is 5.97 Å². The summed E-state index contributed by atoms with van der Waals surface area (Å²) in [6.07, 6.45) is 1.92. The van der Waals surface area contributed by atoms with Gasteiger partial charge in [0.2, 0.25) is 12.0 Å². The van der Waals surface area contributed by atoms with Gasteiger partial charge in [0.05, 0.1) is 25.6 Å². The maximum Gasteiger partial charge on any atom is 0.306 e. The Morgan fingerprint density at radius 1 is 1.14 bits per heavy atom. The number of aliphatic hydroxyl groups is 6. The first-order chi connectivity index (χ1) is 24.5. The number of hydrogen-bond acceptors (Lipinski definition) is 15. The summed E-state index contributed by atoms with van der Waals surface area (Å²) >= 11 is 0. The lowest BCUT2D eigenvalue weighted by molar-refractivity contribution is -0.421. The molecule has 9 atom stereocenters. The summed E-state index contributed by atoms with van der Waals surface area (Å²) in [7, 11) is 3.15. The van der Waals surface area contributed by atoms with E-state index >= 15 is 0 Å². The molecule has 13 nitrogen and oxygen atoms in total. The summed E-state index contributed by atoms with van der Waals surface area (Å²) in [5.74, 6) is -2.30. The Morgan fingerprint density at radius 3 is 2.69 bits per heavy atom. The van der Waals surface area contributed by atoms with Crippen molar-refractivity contribution in [1.82, 2.24) is 5.32 Å². The van der Waals surface area contributed by atoms with Gasteiger partial charge in [0, 0.05) is 53.8 Å². The number of aliphatic hydroxyl groups excluding tert-OH is 4. The summed E-state index contributed by atoms with van der Waals surface area (Å²) in [4.78, 5) is 12.6. The topological polar surface area (TPSA) is 201 Å². The van der Waals surface area contributed by atoms with Gasteiger partial charge in [0.1, 0.15) is 23.9 Å². The number of carbonyl (C=O) groups is 1. The first kappa shape index (κ1) is 37.5. The van der Waals surface area contributed by atoms with Crippen LogP contribution in [0.1, 0.15) is 63.9 Å². The maximum atomic E-state index is 12.9. The van der Waals surface area contributed by atoms with E-state index in [-0.39, 0.29) is 54.5 Å². The molecule has 5 aliphatic rings. The van der Waals surface area contributed by atoms with E-state index in [4.69, 9.17) is 23.4 Å². The van der Waals surface area contributed by atoms with Crippen molar-refractivity contribution in [3.63, 3.8) is 0 Å². The van der Waals surface area contributed by atoms with E-state index in [0.717, 1.165) is 25.7 Å². The van der Waals surface area contributed by atoms with Crippen molar-refractivity contribution < 1.29 is 58.8 Å². The molecule has 4 fully saturated rings. The highest BCUT2D eigenvalue weighted by molar-refractivity contribution is 8.77. The molecule has 1 saturated heterocycles. The lowest BCUT2D eigenvalue weighted by atomic mass is 9.49. The van der Waals surface area contributed by atoms with E-state index in [1.807, 2.05) is 0 Å². The number of benzene rings is 1. The van der Waals surface area contributed by atoms with Gasteiger partial charge in [-0.25, -0.2) is 0 Å². The van der Waals surface area contributed by atoms with Crippen molar-refractivity contribution in [3.8, 4) is 11.5 Å². The third-order valence-electron chi connectivity index (χ3n) is 12.1. The minimum absolute atomic E-state index is 0.00667. The molecule has 0 radical (unpaired) electrons. The summed E-state index contributed by atoms with van der Waals surface area (Å²) in [6.45, 7) is 2.22. The predicted octanol–water partition coefficient (Wildman–Crippen LogP) is 2.29. The smallest absolute Gasteiger partial charge is 0.306 e. The van der Waals surface area contributed by atoms with Crippen LogP contribution in [0.2, 0.25) is 0 Å². The van der Waals surface area contributed by atoms with Crippen molar-refractivity contribution in [1.29, 1.82) is 0 Å². The molecule has 15 heteroatoms. The number of furan rings is 1. The molecule has 1 spiro atoms. The first-order valence-electron chi connectivity index (χ1n) is 18.2. The van der Waals surface area contributed by atoms with Crippen LogP contribution in [0.15, 0.2) is 22.8 Å². The van der Waals surface area contributed by atoms with Crippen LogP contribution >= 0.6 is 21.6 Å². The van der Waals surface area contributed by atoms with Crippen LogP contribution < -0.4 is 14.8 Å². The van der Waals surface area contributed by atoms with Gasteiger partial charge in [-0.05, 0) is 69.1 Å². The van der Waals surface area contributed by atoms with E-state index in [1.54, 1.807) is 29.9 Å². The van der Waals surface area contributed by atoms with E-state index < -0.39 is 72.2 Å². The first-order valence-corrected chi connectivity index (χ1v) is 20.6. The Hall–Kier alpha value is -1.79. The van der Waals surface area contributed by atoms with Gasteiger partial charge in [-0.15, -0.1) is 0 Å². The SMILES string of the molecule is CCOC(=O)CCc1cc2ccoc2c2c1O[C@H]1O[C@@](CO)(CSSC3(CCCC3)CNCCO2)[C@]2(O)C[C@H]3CC[C@H](O)[C@H](CO)[C@@H]3[C@]1(O)[C@H]2O. The third-order valence-corrected chi connectivity index (χ3v) is 15.5. The fourth-order valence-corrected chi connectivity index (χ4v) is 13.2. The number of carbonyl (C=O) groups excluding carboxylic acids is 1. The normalized spacial score (nSPS) is 38.1. The van der Waals surface area contributed by atoms with Crippen molar-refractivity contribution in [2.75, 3.05) is 45.3 Å². The van der Waals surface area contributed by atoms with Crippen LogP contribution in [-0.2, 0) is 20.7 Å². The highest BCUT2D eigenvalue weighted by Gasteiger charge is 2.77. The molecule has 0 amide bonds. The van der Waals surface area contributed by atoms with Crippen molar-refractivity contribution in [2.24, 2.45) is 17.8 Å². The molecule has 51 heavy (non-hydrogen) atoms. The molecule has 4 bridgehead atoms. The lowest BCUT2D eigenvalue weighted by Crippen LogP contribution is -2.85. The van der Waals surface area contributed by atoms with Crippen molar-refractivity contribution in [3.05, 3.63) is 24.0 Å². The molecule has 2 aromatic rings. The number of aryl methyl sites for hydroxylation is 1. The molecule has 7 rings (SSSR count). The number of hydrogen-bond donors (Lipinski definition) is 7. The maximum absolute atomic E-state index is 12.9. The molecule has 284 valence electrons. The average molecular weight is 754 g/mol. The zero-order valence-corrected chi connectivity index (χ0v) is 30.6. The number of fused-ring (bicyclic) bond motifs is 11. The largest absolute Gasteiger partial charge is 0.485 e. The quantitative estimate of drug-likeness (QED) is 0.167. The second-order valence-electron chi connectivity index (χ2n) is 15.0. The number of esters is 1. The highest BCUT2D eigenvalue weighted by atomic mass is 33.1. The molecule has 3 saturated carbocycles. The summed E-state index contributed by atoms with van der Waals surface area (Å²) < 4.78 is 30.9. The number of nitrogens with one attached hydrogen (secondary N) is 1. The minimum Gasteiger partial charge on any atom is -0.485 e. The Kier molecular flexibility index (Phi) is 10.9. The van der Waals surface area contributed by atoms with Crippen LogP contribution in [0.5, 0.6) is 11.5 Å². The minimum atomic E-state index is -2.36. The number of rotatable bonds is 6.